The van der Waals surface area contributed by atoms with E-state index in [0.717, 1.165) is 25.9 Å². The summed E-state index contributed by atoms with van der Waals surface area (Å²) >= 11 is 0. The van der Waals surface area contributed by atoms with E-state index in [9.17, 15) is 9.18 Å². The van der Waals surface area contributed by atoms with Crippen molar-refractivity contribution >= 4 is 17.6 Å². The van der Waals surface area contributed by atoms with Gasteiger partial charge in [0.05, 0.1) is 0 Å². The van der Waals surface area contributed by atoms with E-state index in [1.54, 1.807) is 6.07 Å². The Kier molecular flexibility index (Phi) is 4.92. The predicted octanol–water partition coefficient (Wildman–Crippen LogP) is 1.56. The van der Waals surface area contributed by atoms with E-state index in [2.05, 4.69) is 10.3 Å². The number of hydrogen-bond donors (Lipinski definition) is 2. The number of amides is 1. The molecule has 0 saturated carbocycles. The number of hydrogen-bond acceptors (Lipinski definition) is 2. The molecule has 0 radical (unpaired) electrons. The number of piperidine rings is 1. The summed E-state index contributed by atoms with van der Waals surface area (Å²) in [5.41, 5.74) is 6.27. The van der Waals surface area contributed by atoms with Crippen molar-refractivity contribution in [2.75, 3.05) is 25.0 Å². The molecule has 0 bridgehead atoms. The summed E-state index contributed by atoms with van der Waals surface area (Å²) in [6, 6.07) is 5.74. The van der Waals surface area contributed by atoms with Gasteiger partial charge >= 0.3 is 0 Å². The van der Waals surface area contributed by atoms with Gasteiger partial charge in [-0.05, 0) is 37.5 Å². The predicted molar refractivity (Wildman–Crippen MR) is 76.9 cm³/mol. The highest BCUT2D eigenvalue weighted by Gasteiger charge is 2.12. The van der Waals surface area contributed by atoms with Crippen molar-refractivity contribution in [1.29, 1.82) is 0 Å². The molecule has 1 saturated heterocycles. The lowest BCUT2D eigenvalue weighted by molar-refractivity contribution is -0.114. The highest BCUT2D eigenvalue weighted by Crippen LogP contribution is 2.09. The van der Waals surface area contributed by atoms with Crippen LogP contribution in [-0.2, 0) is 4.79 Å². The zero-order valence-electron chi connectivity index (χ0n) is 11.3. The van der Waals surface area contributed by atoms with E-state index in [0.29, 0.717) is 11.6 Å². The minimum Gasteiger partial charge on any atom is -0.370 e. The molecule has 0 aliphatic carbocycles. The lowest BCUT2D eigenvalue weighted by Gasteiger charge is -2.27. The van der Waals surface area contributed by atoms with Crippen LogP contribution >= 0.6 is 0 Å². The molecule has 0 atom stereocenters. The molecule has 1 amide bonds. The van der Waals surface area contributed by atoms with Gasteiger partial charge in [-0.15, -0.1) is 0 Å². The monoisotopic (exact) mass is 278 g/mol. The van der Waals surface area contributed by atoms with Gasteiger partial charge in [-0.25, -0.2) is 9.38 Å². The van der Waals surface area contributed by atoms with Gasteiger partial charge < -0.3 is 16.0 Å². The first kappa shape index (κ1) is 14.3. The van der Waals surface area contributed by atoms with Gasteiger partial charge in [0.25, 0.3) is 0 Å². The molecule has 20 heavy (non-hydrogen) atoms. The lowest BCUT2D eigenvalue weighted by atomic mass is 10.1. The first-order chi connectivity index (χ1) is 9.65. The van der Waals surface area contributed by atoms with Crippen molar-refractivity contribution in [3.63, 3.8) is 0 Å². The van der Waals surface area contributed by atoms with Crippen molar-refractivity contribution in [3.05, 3.63) is 30.1 Å². The molecule has 1 aromatic rings. The van der Waals surface area contributed by atoms with Crippen LogP contribution in [0.15, 0.2) is 29.3 Å². The molecule has 1 aliphatic rings. The number of halogens is 1. The summed E-state index contributed by atoms with van der Waals surface area (Å²) < 4.78 is 13.0. The van der Waals surface area contributed by atoms with Gasteiger partial charge in [-0.3, -0.25) is 4.79 Å². The Labute approximate surface area is 117 Å². The standard InChI is InChI=1S/C14H19FN4O/c15-11-5-4-6-12(9-11)18-13(20)10-17-14(16)19-7-2-1-3-8-19/h4-6,9H,1-3,7-8,10H2,(H2,16,17)(H,18,20). The largest absolute Gasteiger partial charge is 0.370 e. The Hall–Kier alpha value is -2.11. The maximum absolute atomic E-state index is 13.0. The molecule has 0 aromatic heterocycles. The van der Waals surface area contributed by atoms with E-state index >= 15 is 0 Å². The number of nitrogens with one attached hydrogen (secondary N) is 1. The average molecular weight is 278 g/mol. The fraction of sp³-hybridized carbons (Fsp3) is 0.429. The quantitative estimate of drug-likeness (QED) is 0.651. The highest BCUT2D eigenvalue weighted by atomic mass is 19.1. The fourth-order valence-electron chi connectivity index (χ4n) is 2.14. The lowest BCUT2D eigenvalue weighted by Crippen LogP contribution is -2.41. The van der Waals surface area contributed by atoms with Crippen LogP contribution in [0.25, 0.3) is 0 Å². The highest BCUT2D eigenvalue weighted by molar-refractivity contribution is 5.93. The molecule has 0 unspecified atom stereocenters. The SMILES string of the molecule is NC(=NCC(=O)Nc1cccc(F)c1)N1CCCCC1. The van der Waals surface area contributed by atoms with Crippen LogP contribution in [0.5, 0.6) is 0 Å². The van der Waals surface area contributed by atoms with Crippen molar-refractivity contribution < 1.29 is 9.18 Å². The molecule has 5 nitrogen and oxygen atoms in total. The third-order valence-corrected chi connectivity index (χ3v) is 3.17. The number of likely N-dealkylation sites (tertiary alicyclic amines) is 1. The number of carbonyl (C=O) groups excluding carboxylic acids is 1. The van der Waals surface area contributed by atoms with Crippen LogP contribution in [0.1, 0.15) is 19.3 Å². The molecule has 1 fully saturated rings. The van der Waals surface area contributed by atoms with Gasteiger partial charge in [0.1, 0.15) is 12.4 Å². The first-order valence-corrected chi connectivity index (χ1v) is 6.75. The fourth-order valence-corrected chi connectivity index (χ4v) is 2.14. The van der Waals surface area contributed by atoms with E-state index in [4.69, 9.17) is 5.73 Å². The van der Waals surface area contributed by atoms with Crippen LogP contribution < -0.4 is 11.1 Å². The number of nitrogens with two attached hydrogens (primary N) is 1. The summed E-state index contributed by atoms with van der Waals surface area (Å²) in [6.07, 6.45) is 3.42. The second-order valence-corrected chi connectivity index (χ2v) is 4.78. The maximum atomic E-state index is 13.0. The molecule has 1 aromatic carbocycles. The Morgan fingerprint density at radius 3 is 2.80 bits per heavy atom. The zero-order chi connectivity index (χ0) is 14.4. The van der Waals surface area contributed by atoms with Crippen LogP contribution in [0.3, 0.4) is 0 Å². The van der Waals surface area contributed by atoms with Crippen LogP contribution in [0.4, 0.5) is 10.1 Å². The third kappa shape index (κ3) is 4.22. The third-order valence-electron chi connectivity index (χ3n) is 3.17. The minimum absolute atomic E-state index is 0.0567. The summed E-state index contributed by atoms with van der Waals surface area (Å²) in [7, 11) is 0. The maximum Gasteiger partial charge on any atom is 0.246 e. The Morgan fingerprint density at radius 1 is 1.35 bits per heavy atom. The molecule has 3 N–H and O–H groups in total. The topological polar surface area (TPSA) is 70.7 Å². The van der Waals surface area contributed by atoms with Crippen molar-refractivity contribution in [2.45, 2.75) is 19.3 Å². The van der Waals surface area contributed by atoms with Crippen LogP contribution in [0, 0.1) is 5.82 Å². The number of anilines is 1. The Bertz CT molecular complexity index is 498. The second-order valence-electron chi connectivity index (χ2n) is 4.78. The van der Waals surface area contributed by atoms with Gasteiger partial charge in [0.2, 0.25) is 5.91 Å². The molecule has 1 aliphatic heterocycles. The molecule has 1 heterocycles. The summed E-state index contributed by atoms with van der Waals surface area (Å²) in [4.78, 5) is 17.8. The average Bonchev–Trinajstić information content (AvgIpc) is 2.46. The summed E-state index contributed by atoms with van der Waals surface area (Å²) in [5, 5.41) is 2.58. The molecule has 0 spiro atoms. The number of benzene rings is 1. The first-order valence-electron chi connectivity index (χ1n) is 6.75. The van der Waals surface area contributed by atoms with E-state index in [1.807, 2.05) is 4.90 Å². The molecular formula is C14H19FN4O. The second kappa shape index (κ2) is 6.88. The molecular weight excluding hydrogens is 259 g/mol. The van der Waals surface area contributed by atoms with Crippen LogP contribution in [-0.4, -0.2) is 36.4 Å². The zero-order valence-corrected chi connectivity index (χ0v) is 11.3. The Balaban J connectivity index is 1.84. The number of aliphatic imine (C=N–C) groups is 1. The van der Waals surface area contributed by atoms with Crippen LogP contribution in [0.2, 0.25) is 0 Å². The van der Waals surface area contributed by atoms with Crippen molar-refractivity contribution in [2.24, 2.45) is 10.7 Å². The minimum atomic E-state index is -0.390. The smallest absolute Gasteiger partial charge is 0.246 e. The normalized spacial score (nSPS) is 16.1. The number of guanidine groups is 1. The van der Waals surface area contributed by atoms with Crippen molar-refractivity contribution in [3.8, 4) is 0 Å². The van der Waals surface area contributed by atoms with E-state index in [-0.39, 0.29) is 18.3 Å². The van der Waals surface area contributed by atoms with Crippen molar-refractivity contribution in [1.82, 2.24) is 4.90 Å². The number of carbonyl (C=O) groups is 1. The van der Waals surface area contributed by atoms with E-state index < -0.39 is 0 Å². The summed E-state index contributed by atoms with van der Waals surface area (Å²) in [5.74, 6) is -0.297. The van der Waals surface area contributed by atoms with E-state index in [1.165, 1.54) is 24.6 Å². The van der Waals surface area contributed by atoms with Gasteiger partial charge in [-0.1, -0.05) is 6.07 Å². The van der Waals surface area contributed by atoms with Gasteiger partial charge in [-0.2, -0.15) is 0 Å². The van der Waals surface area contributed by atoms with Gasteiger partial charge in [0, 0.05) is 18.8 Å². The molecule has 6 heteroatoms. The number of nitrogens with zero attached hydrogens (tertiary/aromatic N) is 2. The Morgan fingerprint density at radius 2 is 2.10 bits per heavy atom. The van der Waals surface area contributed by atoms with Gasteiger partial charge in [0.15, 0.2) is 5.96 Å². The molecule has 108 valence electrons. The molecule has 2 rings (SSSR count). The number of rotatable bonds is 3. The summed E-state index contributed by atoms with van der Waals surface area (Å²) in [6.45, 7) is 1.72.